The number of aromatic amines is 1. The molecule has 1 fully saturated rings. The molecule has 0 saturated carbocycles. The van der Waals surface area contributed by atoms with Crippen LogP contribution in [0.2, 0.25) is 0 Å². The molecule has 1 amide bonds. The van der Waals surface area contributed by atoms with Gasteiger partial charge in [0, 0.05) is 43.5 Å². The van der Waals surface area contributed by atoms with Crippen LogP contribution in [-0.4, -0.2) is 43.1 Å². The third kappa shape index (κ3) is 4.37. The minimum atomic E-state index is 0.207. The number of rotatable bonds is 6. The van der Waals surface area contributed by atoms with E-state index in [1.54, 1.807) is 6.20 Å². The lowest BCUT2D eigenvalue weighted by Gasteiger charge is -2.21. The van der Waals surface area contributed by atoms with Crippen LogP contribution in [0.15, 0.2) is 61.1 Å². The van der Waals surface area contributed by atoms with Gasteiger partial charge in [0.25, 0.3) is 0 Å². The predicted octanol–water partition coefficient (Wildman–Crippen LogP) is 4.17. The number of hydrogen-bond acceptors (Lipinski definition) is 4. The third-order valence-corrected chi connectivity index (χ3v) is 6.57. The second kappa shape index (κ2) is 8.91. The van der Waals surface area contributed by atoms with Crippen molar-refractivity contribution in [3.8, 4) is 17.3 Å². The van der Waals surface area contributed by atoms with E-state index < -0.39 is 0 Å². The maximum atomic E-state index is 12.9. The molecule has 1 unspecified atom stereocenters. The molecule has 1 N–H and O–H groups in total. The summed E-state index contributed by atoms with van der Waals surface area (Å²) in [5, 5.41) is 15.8. The van der Waals surface area contributed by atoms with Gasteiger partial charge >= 0.3 is 0 Å². The Morgan fingerprint density at radius 1 is 1.21 bits per heavy atom. The van der Waals surface area contributed by atoms with Crippen LogP contribution in [0.3, 0.4) is 0 Å². The minimum Gasteiger partial charge on any atom is -0.346 e. The summed E-state index contributed by atoms with van der Waals surface area (Å²) in [5.41, 5.74) is 5.70. The number of carbonyl (C=O) groups is 1. The minimum absolute atomic E-state index is 0.207. The molecule has 2 atom stereocenters. The lowest BCUT2D eigenvalue weighted by molar-refractivity contribution is -0.131. The predicted molar refractivity (Wildman–Crippen MR) is 126 cm³/mol. The number of carbonyl (C=O) groups excluding carboxylic acids is 1. The summed E-state index contributed by atoms with van der Waals surface area (Å²) >= 11 is 0. The maximum absolute atomic E-state index is 12.9. The number of fused-ring (bicyclic) bond motifs is 1. The molecule has 0 radical (unpaired) electrons. The molecule has 3 aromatic heterocycles. The van der Waals surface area contributed by atoms with Gasteiger partial charge in [-0.3, -0.25) is 9.89 Å². The zero-order chi connectivity index (χ0) is 22.8. The molecule has 33 heavy (non-hydrogen) atoms. The Morgan fingerprint density at radius 3 is 2.82 bits per heavy atom. The van der Waals surface area contributed by atoms with Gasteiger partial charge in [-0.2, -0.15) is 10.4 Å². The molecule has 1 aromatic carbocycles. The molecule has 4 heterocycles. The van der Waals surface area contributed by atoms with Gasteiger partial charge in [-0.25, -0.2) is 4.98 Å². The molecule has 166 valence electrons. The molecule has 1 aliphatic heterocycles. The Morgan fingerprint density at radius 2 is 2.06 bits per heavy atom. The molecule has 1 aliphatic rings. The quantitative estimate of drug-likeness (QED) is 0.489. The summed E-state index contributed by atoms with van der Waals surface area (Å²) in [6.45, 7) is 3.81. The van der Waals surface area contributed by atoms with Gasteiger partial charge in [0.1, 0.15) is 0 Å². The molecule has 0 spiro atoms. The first-order valence-corrected chi connectivity index (χ1v) is 11.3. The molecule has 0 bridgehead atoms. The summed E-state index contributed by atoms with van der Waals surface area (Å²) in [6.07, 6.45) is 7.91. The van der Waals surface area contributed by atoms with E-state index in [0.29, 0.717) is 24.3 Å². The van der Waals surface area contributed by atoms with E-state index >= 15 is 0 Å². The van der Waals surface area contributed by atoms with Crippen LogP contribution in [0.1, 0.15) is 30.9 Å². The van der Waals surface area contributed by atoms with Gasteiger partial charge in [-0.05, 0) is 61.6 Å². The highest BCUT2D eigenvalue weighted by Gasteiger charge is 2.32. The van der Waals surface area contributed by atoms with Crippen LogP contribution in [0.5, 0.6) is 0 Å². The Kier molecular flexibility index (Phi) is 5.66. The number of nitrogens with zero attached hydrogens (tertiary/aromatic N) is 5. The zero-order valence-electron chi connectivity index (χ0n) is 18.6. The van der Waals surface area contributed by atoms with Crippen LogP contribution in [-0.2, 0) is 17.8 Å². The number of pyridine rings is 1. The highest BCUT2D eigenvalue weighted by atomic mass is 16.2. The number of amides is 1. The second-order valence-electron chi connectivity index (χ2n) is 8.86. The highest BCUT2D eigenvalue weighted by Crippen LogP contribution is 2.28. The molecule has 0 aliphatic carbocycles. The van der Waals surface area contributed by atoms with Crippen LogP contribution < -0.4 is 0 Å². The average molecular weight is 439 g/mol. The first-order valence-electron chi connectivity index (χ1n) is 11.3. The molecular formula is C26H26N6O. The van der Waals surface area contributed by atoms with E-state index in [4.69, 9.17) is 10.2 Å². The Labute approximate surface area is 192 Å². The van der Waals surface area contributed by atoms with Crippen molar-refractivity contribution in [3.63, 3.8) is 0 Å². The second-order valence-corrected chi connectivity index (χ2v) is 8.86. The van der Waals surface area contributed by atoms with Crippen molar-refractivity contribution in [2.24, 2.45) is 5.92 Å². The number of benzene rings is 1. The highest BCUT2D eigenvalue weighted by molar-refractivity contribution is 5.79. The van der Waals surface area contributed by atoms with E-state index in [-0.39, 0.29) is 11.9 Å². The lowest BCUT2D eigenvalue weighted by atomic mass is 10.1. The molecule has 7 nitrogen and oxygen atoms in total. The fourth-order valence-electron chi connectivity index (χ4n) is 4.83. The zero-order valence-corrected chi connectivity index (χ0v) is 18.6. The van der Waals surface area contributed by atoms with Gasteiger partial charge in [0.15, 0.2) is 0 Å². The SMILES string of the molecule is C[C@@H]1CC(Cn2ccc3nc(-c4cn[nH]c4)ccc32)CN1C(=O)CCc1ccc(C#N)cc1. The fraction of sp³-hybridized carbons (Fsp3) is 0.308. The summed E-state index contributed by atoms with van der Waals surface area (Å²) in [7, 11) is 0. The van der Waals surface area contributed by atoms with Crippen LogP contribution >= 0.6 is 0 Å². The first-order chi connectivity index (χ1) is 16.1. The topological polar surface area (TPSA) is 90.6 Å². The van der Waals surface area contributed by atoms with Crippen molar-refractivity contribution >= 4 is 16.9 Å². The average Bonchev–Trinajstić information content (AvgIpc) is 3.58. The number of nitriles is 1. The normalized spacial score (nSPS) is 18.0. The molecule has 5 rings (SSSR count). The third-order valence-electron chi connectivity index (χ3n) is 6.57. The Bertz CT molecular complexity index is 1300. The Balaban J connectivity index is 1.21. The van der Waals surface area contributed by atoms with Gasteiger partial charge < -0.3 is 9.47 Å². The first kappa shape index (κ1) is 21.0. The van der Waals surface area contributed by atoms with Crippen LogP contribution in [0, 0.1) is 17.2 Å². The van der Waals surface area contributed by atoms with Crippen molar-refractivity contribution in [2.75, 3.05) is 6.54 Å². The summed E-state index contributed by atoms with van der Waals surface area (Å²) < 4.78 is 2.25. The largest absolute Gasteiger partial charge is 0.346 e. The van der Waals surface area contributed by atoms with Crippen molar-refractivity contribution in [1.82, 2.24) is 24.6 Å². The fourth-order valence-corrected chi connectivity index (χ4v) is 4.83. The summed E-state index contributed by atoms with van der Waals surface area (Å²) in [5.74, 6) is 0.626. The van der Waals surface area contributed by atoms with Crippen LogP contribution in [0.4, 0.5) is 0 Å². The van der Waals surface area contributed by atoms with Gasteiger partial charge in [-0.1, -0.05) is 12.1 Å². The van der Waals surface area contributed by atoms with E-state index in [2.05, 4.69) is 46.1 Å². The number of aromatic nitrogens is 4. The number of H-pyrrole nitrogens is 1. The van der Waals surface area contributed by atoms with E-state index in [0.717, 1.165) is 47.4 Å². The smallest absolute Gasteiger partial charge is 0.223 e. The van der Waals surface area contributed by atoms with E-state index in [9.17, 15) is 4.79 Å². The number of hydrogen-bond donors (Lipinski definition) is 1. The van der Waals surface area contributed by atoms with E-state index in [1.165, 1.54) is 0 Å². The summed E-state index contributed by atoms with van der Waals surface area (Å²) in [6, 6.07) is 16.1. The van der Waals surface area contributed by atoms with Crippen LogP contribution in [0.25, 0.3) is 22.3 Å². The van der Waals surface area contributed by atoms with Gasteiger partial charge in [0.2, 0.25) is 5.91 Å². The molecule has 7 heteroatoms. The maximum Gasteiger partial charge on any atom is 0.223 e. The standard InChI is InChI=1S/C26H26N6O/c1-18-12-21(17-32(18)26(33)9-6-19-2-4-20(13-27)5-3-19)16-31-11-10-24-25(31)8-7-23(30-24)22-14-28-29-15-22/h2-5,7-8,10-11,14-15,18,21H,6,9,12,16-17H2,1H3,(H,28,29)/t18-,21?/m1/s1. The molecule has 4 aromatic rings. The Hall–Kier alpha value is -3.92. The van der Waals surface area contributed by atoms with Crippen molar-refractivity contribution < 1.29 is 4.79 Å². The molecule has 1 saturated heterocycles. The number of likely N-dealkylation sites (tertiary alicyclic amines) is 1. The monoisotopic (exact) mass is 438 g/mol. The van der Waals surface area contributed by atoms with Gasteiger partial charge in [0.05, 0.1) is 34.6 Å². The number of aryl methyl sites for hydroxylation is 1. The lowest BCUT2D eigenvalue weighted by Crippen LogP contribution is -2.34. The summed E-state index contributed by atoms with van der Waals surface area (Å²) in [4.78, 5) is 19.7. The number of nitrogens with one attached hydrogen (secondary N) is 1. The van der Waals surface area contributed by atoms with Crippen molar-refractivity contribution in [1.29, 1.82) is 5.26 Å². The van der Waals surface area contributed by atoms with E-state index in [1.807, 2.05) is 41.4 Å². The van der Waals surface area contributed by atoms with Crippen molar-refractivity contribution in [2.45, 2.75) is 38.8 Å². The van der Waals surface area contributed by atoms with Crippen molar-refractivity contribution in [3.05, 3.63) is 72.2 Å². The van der Waals surface area contributed by atoms with Gasteiger partial charge in [-0.15, -0.1) is 0 Å². The molecular weight excluding hydrogens is 412 g/mol.